The maximum Gasteiger partial charge on any atom is 0.292 e. The highest BCUT2D eigenvalue weighted by molar-refractivity contribution is 5.82. The first-order valence-corrected chi connectivity index (χ1v) is 8.26. The standard InChI is InChI=1S/C19H22N2O3/c1-4-19(5-2)13-20(15-10-6-7-11-16(15)21(22)23)18-14(19)9-8-12-17(18)24-3/h6-12H,4-5,13H2,1-3H3. The molecule has 0 fully saturated rings. The number of nitro groups is 1. The maximum atomic E-state index is 11.5. The topological polar surface area (TPSA) is 55.6 Å². The molecule has 1 aliphatic rings. The van der Waals surface area contributed by atoms with Crippen LogP contribution in [0.4, 0.5) is 17.1 Å². The van der Waals surface area contributed by atoms with Gasteiger partial charge in [0.15, 0.2) is 0 Å². The van der Waals surface area contributed by atoms with Crippen molar-refractivity contribution >= 4 is 17.1 Å². The van der Waals surface area contributed by atoms with Crippen LogP contribution < -0.4 is 9.64 Å². The van der Waals surface area contributed by atoms with Crippen molar-refractivity contribution < 1.29 is 9.66 Å². The normalized spacial score (nSPS) is 15.2. The largest absolute Gasteiger partial charge is 0.495 e. The zero-order valence-corrected chi connectivity index (χ0v) is 14.3. The lowest BCUT2D eigenvalue weighted by molar-refractivity contribution is -0.384. The average molecular weight is 326 g/mol. The quantitative estimate of drug-likeness (QED) is 0.584. The summed E-state index contributed by atoms with van der Waals surface area (Å²) >= 11 is 0. The number of ether oxygens (including phenoxy) is 1. The molecule has 0 atom stereocenters. The summed E-state index contributed by atoms with van der Waals surface area (Å²) in [5.74, 6) is 0.759. The van der Waals surface area contributed by atoms with Gasteiger partial charge < -0.3 is 9.64 Å². The minimum atomic E-state index is -0.317. The Morgan fingerprint density at radius 3 is 2.50 bits per heavy atom. The van der Waals surface area contributed by atoms with Crippen LogP contribution in [0.2, 0.25) is 0 Å². The monoisotopic (exact) mass is 326 g/mol. The second kappa shape index (κ2) is 6.15. The third-order valence-electron chi connectivity index (χ3n) is 5.24. The van der Waals surface area contributed by atoms with Crippen molar-refractivity contribution in [3.05, 3.63) is 58.1 Å². The van der Waals surface area contributed by atoms with Crippen molar-refractivity contribution in [1.82, 2.24) is 0 Å². The van der Waals surface area contributed by atoms with Crippen molar-refractivity contribution in [1.29, 1.82) is 0 Å². The van der Waals surface area contributed by atoms with Crippen molar-refractivity contribution in [2.24, 2.45) is 0 Å². The second-order valence-corrected chi connectivity index (χ2v) is 6.18. The molecule has 5 nitrogen and oxygen atoms in total. The van der Waals surface area contributed by atoms with Crippen LogP contribution in [-0.4, -0.2) is 18.6 Å². The van der Waals surface area contributed by atoms with Crippen molar-refractivity contribution in [3.8, 4) is 5.75 Å². The molecule has 126 valence electrons. The van der Waals surface area contributed by atoms with Gasteiger partial charge >= 0.3 is 0 Å². The van der Waals surface area contributed by atoms with Gasteiger partial charge in [-0.25, -0.2) is 0 Å². The Balaban J connectivity index is 2.25. The van der Waals surface area contributed by atoms with E-state index in [-0.39, 0.29) is 16.0 Å². The van der Waals surface area contributed by atoms with Gasteiger partial charge in [0.05, 0.1) is 17.7 Å². The highest BCUT2D eigenvalue weighted by Gasteiger charge is 2.43. The molecule has 0 N–H and O–H groups in total. The molecule has 1 aliphatic heterocycles. The molecule has 0 aromatic heterocycles. The predicted octanol–water partition coefficient (Wildman–Crippen LogP) is 4.81. The van der Waals surface area contributed by atoms with Gasteiger partial charge in [-0.3, -0.25) is 10.1 Å². The lowest BCUT2D eigenvalue weighted by Gasteiger charge is -2.28. The van der Waals surface area contributed by atoms with Crippen LogP contribution in [0.1, 0.15) is 32.3 Å². The number of benzene rings is 2. The molecule has 0 bridgehead atoms. The van der Waals surface area contributed by atoms with Crippen LogP contribution in [0.5, 0.6) is 5.75 Å². The minimum Gasteiger partial charge on any atom is -0.495 e. The van der Waals surface area contributed by atoms with Gasteiger partial charge in [-0.15, -0.1) is 0 Å². The molecular formula is C19H22N2O3. The number of fused-ring (bicyclic) bond motifs is 1. The molecule has 0 radical (unpaired) electrons. The molecule has 5 heteroatoms. The Kier molecular flexibility index (Phi) is 4.18. The van der Waals surface area contributed by atoms with Crippen molar-refractivity contribution in [3.63, 3.8) is 0 Å². The Labute approximate surface area is 142 Å². The number of hydrogen-bond acceptors (Lipinski definition) is 4. The number of nitrogens with zero attached hydrogens (tertiary/aromatic N) is 2. The van der Waals surface area contributed by atoms with E-state index in [2.05, 4.69) is 24.8 Å². The summed E-state index contributed by atoms with van der Waals surface area (Å²) in [6.45, 7) is 5.08. The summed E-state index contributed by atoms with van der Waals surface area (Å²) in [4.78, 5) is 13.2. The lowest BCUT2D eigenvalue weighted by atomic mass is 9.77. The fourth-order valence-corrected chi connectivity index (χ4v) is 3.77. The van der Waals surface area contributed by atoms with E-state index in [1.165, 1.54) is 5.56 Å². The first-order chi connectivity index (χ1) is 11.6. The Hall–Kier alpha value is -2.56. The molecular weight excluding hydrogens is 304 g/mol. The summed E-state index contributed by atoms with van der Waals surface area (Å²) in [6.07, 6.45) is 1.95. The molecule has 0 amide bonds. The molecule has 2 aromatic carbocycles. The molecule has 24 heavy (non-hydrogen) atoms. The zero-order chi connectivity index (χ0) is 17.3. The number of para-hydroxylation sites is 3. The van der Waals surface area contributed by atoms with Crippen molar-refractivity contribution in [2.45, 2.75) is 32.1 Å². The van der Waals surface area contributed by atoms with Crippen LogP contribution >= 0.6 is 0 Å². The molecule has 2 aromatic rings. The highest BCUT2D eigenvalue weighted by Crippen LogP contribution is 2.53. The number of rotatable bonds is 5. The number of hydrogen-bond donors (Lipinski definition) is 0. The van der Waals surface area contributed by atoms with Gasteiger partial charge in [-0.1, -0.05) is 38.1 Å². The zero-order valence-electron chi connectivity index (χ0n) is 14.3. The van der Waals surface area contributed by atoms with Crippen LogP contribution in [0, 0.1) is 10.1 Å². The van der Waals surface area contributed by atoms with Gasteiger partial charge in [-0.2, -0.15) is 0 Å². The summed E-state index contributed by atoms with van der Waals surface area (Å²) < 4.78 is 5.58. The first-order valence-electron chi connectivity index (χ1n) is 8.26. The van der Waals surface area contributed by atoms with Gasteiger partial charge in [0.2, 0.25) is 0 Å². The fourth-order valence-electron chi connectivity index (χ4n) is 3.77. The van der Waals surface area contributed by atoms with Crippen LogP contribution in [-0.2, 0) is 5.41 Å². The van der Waals surface area contributed by atoms with Crippen LogP contribution in [0.15, 0.2) is 42.5 Å². The van der Waals surface area contributed by atoms with E-state index in [0.717, 1.165) is 30.8 Å². The van der Waals surface area contributed by atoms with E-state index in [0.29, 0.717) is 5.69 Å². The molecule has 1 heterocycles. The molecule has 0 spiro atoms. The maximum absolute atomic E-state index is 11.5. The number of methoxy groups -OCH3 is 1. The Morgan fingerprint density at radius 1 is 1.17 bits per heavy atom. The summed E-state index contributed by atoms with van der Waals surface area (Å²) in [6, 6.07) is 13.0. The highest BCUT2D eigenvalue weighted by atomic mass is 16.6. The van der Waals surface area contributed by atoms with Crippen molar-refractivity contribution in [2.75, 3.05) is 18.6 Å². The third kappa shape index (κ3) is 2.31. The van der Waals surface area contributed by atoms with E-state index in [1.807, 2.05) is 24.3 Å². The average Bonchev–Trinajstić information content (AvgIpc) is 2.97. The van der Waals surface area contributed by atoms with Crippen LogP contribution in [0.3, 0.4) is 0 Å². The van der Waals surface area contributed by atoms with E-state index in [4.69, 9.17) is 4.74 Å². The smallest absolute Gasteiger partial charge is 0.292 e. The number of anilines is 2. The van der Waals surface area contributed by atoms with E-state index in [9.17, 15) is 10.1 Å². The molecule has 0 saturated carbocycles. The van der Waals surface area contributed by atoms with Gasteiger partial charge in [-0.05, 0) is 30.5 Å². The van der Waals surface area contributed by atoms with Crippen LogP contribution in [0.25, 0.3) is 0 Å². The Bertz CT molecular complexity index is 769. The van der Waals surface area contributed by atoms with Gasteiger partial charge in [0, 0.05) is 18.0 Å². The molecule has 3 rings (SSSR count). The number of nitro benzene ring substituents is 1. The first kappa shape index (κ1) is 16.3. The molecule has 0 unspecified atom stereocenters. The SMILES string of the molecule is CCC1(CC)CN(c2ccccc2[N+](=O)[O-])c2c(OC)cccc21. The third-order valence-corrected chi connectivity index (χ3v) is 5.24. The predicted molar refractivity (Wildman–Crippen MR) is 95.4 cm³/mol. The van der Waals surface area contributed by atoms with E-state index in [1.54, 1.807) is 19.2 Å². The van der Waals surface area contributed by atoms with Gasteiger partial charge in [0.25, 0.3) is 5.69 Å². The van der Waals surface area contributed by atoms with E-state index < -0.39 is 0 Å². The minimum absolute atomic E-state index is 0.0203. The Morgan fingerprint density at radius 2 is 1.88 bits per heavy atom. The summed E-state index contributed by atoms with van der Waals surface area (Å²) in [5.41, 5.74) is 2.89. The van der Waals surface area contributed by atoms with Gasteiger partial charge in [0.1, 0.15) is 11.4 Å². The fraction of sp³-hybridized carbons (Fsp3) is 0.368. The molecule has 0 saturated heterocycles. The second-order valence-electron chi connectivity index (χ2n) is 6.18. The summed E-state index contributed by atoms with van der Waals surface area (Å²) in [5, 5.41) is 11.5. The lowest BCUT2D eigenvalue weighted by Crippen LogP contribution is -2.30. The summed E-state index contributed by atoms with van der Waals surface area (Å²) in [7, 11) is 1.64. The molecule has 0 aliphatic carbocycles. The van der Waals surface area contributed by atoms with E-state index >= 15 is 0 Å².